The van der Waals surface area contributed by atoms with Crippen molar-refractivity contribution < 1.29 is 61.7 Å². The third kappa shape index (κ3) is 7.81. The second-order valence-electron chi connectivity index (χ2n) is 10.9. The van der Waals surface area contributed by atoms with Crippen molar-refractivity contribution in [1.29, 1.82) is 0 Å². The Morgan fingerprint density at radius 1 is 0.256 bits per heavy atom. The maximum atomic E-state index is 6.73. The van der Waals surface area contributed by atoms with Crippen LogP contribution in [0, 0.1) is 0 Å². The van der Waals surface area contributed by atoms with E-state index in [0.717, 1.165) is 0 Å². The highest BCUT2D eigenvalue weighted by Crippen LogP contribution is 2.50. The van der Waals surface area contributed by atoms with Crippen molar-refractivity contribution in [3.63, 3.8) is 0 Å². The second-order valence-corrected chi connectivity index (χ2v) is 42.5. The fourth-order valence-electron chi connectivity index (χ4n) is 3.92. The molecule has 0 aliphatic carbocycles. The zero-order valence-electron chi connectivity index (χ0n) is 24.6. The fraction of sp³-hybridized carbons (Fsp3) is 1.00. The Labute approximate surface area is 247 Å². The molecule has 5 aliphatic heterocycles. The lowest BCUT2D eigenvalue weighted by molar-refractivity contribution is -0.129. The van der Waals surface area contributed by atoms with Crippen molar-refractivity contribution in [2.24, 2.45) is 0 Å². The van der Waals surface area contributed by atoms with E-state index in [1.54, 1.807) is 0 Å². The van der Waals surface area contributed by atoms with Gasteiger partial charge < -0.3 is 61.7 Å². The Kier molecular flexibility index (Phi) is 10.5. The van der Waals surface area contributed by atoms with E-state index < -0.39 is 109 Å². The van der Waals surface area contributed by atoms with Gasteiger partial charge >= 0.3 is 54.3 Å². The molecule has 0 aromatic heterocycles. The van der Waals surface area contributed by atoms with Crippen molar-refractivity contribution in [3.8, 4) is 0 Å². The molecule has 15 nitrogen and oxygen atoms in total. The number of hydrogen-bond donors (Lipinski definition) is 0. The van der Waals surface area contributed by atoms with Crippen LogP contribution in [0.15, 0.2) is 0 Å². The van der Waals surface area contributed by atoms with Crippen LogP contribution in [0.2, 0.25) is 78.6 Å². The van der Waals surface area contributed by atoms with Gasteiger partial charge in [-0.05, 0) is 78.6 Å². The van der Waals surface area contributed by atoms with E-state index in [2.05, 4.69) is 0 Å². The lowest BCUT2D eigenvalue weighted by Gasteiger charge is -2.59. The highest BCUT2D eigenvalue weighted by atomic mass is 28.7. The SMILES string of the molecule is C[SiH](C)O[Si]12O[Si]3(O[SiH](C)C)O[Si](O[SiH](C)C)(O1)O[Si]1(O[SiH](C)C)O[Si](O[SiH](C)C)(O[Si](O[SiH](C)C)(O1)O3)O2. The monoisotopic (exact) mass is 762 g/mol. The molecule has 5 heterocycles. The Morgan fingerprint density at radius 2 is 0.359 bits per heavy atom. The van der Waals surface area contributed by atoms with Crippen molar-refractivity contribution in [2.45, 2.75) is 78.6 Å². The molecule has 0 radical (unpaired) electrons. The van der Waals surface area contributed by atoms with Crippen LogP contribution in [0.3, 0.4) is 0 Å². The lowest BCUT2D eigenvalue weighted by atomic mass is 11.9. The van der Waals surface area contributed by atoms with E-state index in [4.69, 9.17) is 61.7 Å². The first-order valence-electron chi connectivity index (χ1n) is 13.2. The van der Waals surface area contributed by atoms with Gasteiger partial charge in [0.2, 0.25) is 0 Å². The molecule has 0 spiro atoms. The van der Waals surface area contributed by atoms with E-state index in [0.29, 0.717) is 0 Å². The molecule has 5 fully saturated rings. The van der Waals surface area contributed by atoms with Crippen LogP contribution in [0.4, 0.5) is 0 Å². The Bertz CT molecular complexity index is 693. The van der Waals surface area contributed by atoms with Crippen molar-refractivity contribution in [3.05, 3.63) is 0 Å². The predicted molar refractivity (Wildman–Crippen MR) is 164 cm³/mol. The number of rotatable bonds is 12. The van der Waals surface area contributed by atoms with Crippen LogP contribution in [0.5, 0.6) is 0 Å². The molecule has 0 amide bonds. The molecule has 5 rings (SSSR count). The summed E-state index contributed by atoms with van der Waals surface area (Å²) < 4.78 is 98.5. The van der Waals surface area contributed by atoms with E-state index >= 15 is 0 Å². The van der Waals surface area contributed by atoms with Gasteiger partial charge in [0, 0.05) is 0 Å². The summed E-state index contributed by atoms with van der Waals surface area (Å²) in [6.07, 6.45) is 0. The summed E-state index contributed by atoms with van der Waals surface area (Å²) in [7, 11) is -36.8. The Hall–Kier alpha value is 2.00. The van der Waals surface area contributed by atoms with Crippen LogP contribution in [0.1, 0.15) is 0 Å². The van der Waals surface area contributed by atoms with E-state index in [9.17, 15) is 0 Å². The van der Waals surface area contributed by atoms with Crippen LogP contribution < -0.4 is 0 Å². The van der Waals surface area contributed by atoms with Gasteiger partial charge in [0.05, 0.1) is 0 Å². The van der Waals surface area contributed by atoms with Crippen LogP contribution in [-0.4, -0.2) is 109 Å². The van der Waals surface area contributed by atoms with Crippen LogP contribution in [-0.2, 0) is 61.7 Å². The molecule has 0 N–H and O–H groups in total. The van der Waals surface area contributed by atoms with Crippen molar-refractivity contribution in [1.82, 2.24) is 0 Å². The summed E-state index contributed by atoms with van der Waals surface area (Å²) in [5.41, 5.74) is 0. The maximum absolute atomic E-state index is 6.73. The fourth-order valence-corrected chi connectivity index (χ4v) is 49.8. The highest BCUT2D eigenvalue weighted by molar-refractivity contribution is 7.01. The molecule has 0 atom stereocenters. The minimum absolute atomic E-state index is 1.90. The molecule has 39 heavy (non-hydrogen) atoms. The third-order valence-electron chi connectivity index (χ3n) is 4.53. The molecule has 228 valence electrons. The third-order valence-corrected chi connectivity index (χ3v) is 40.8. The molecule has 27 heteroatoms. The molecular weight excluding hydrogens is 721 g/mol. The Morgan fingerprint density at radius 3 is 0.436 bits per heavy atom. The average Bonchev–Trinajstić information content (AvgIpc) is 2.59. The van der Waals surface area contributed by atoms with Gasteiger partial charge in [-0.3, -0.25) is 0 Å². The smallest absolute Gasteiger partial charge is 0.398 e. The Balaban J connectivity index is 2.02. The first-order chi connectivity index (χ1) is 17.9. The molecule has 0 aromatic rings. The van der Waals surface area contributed by atoms with E-state index in [1.165, 1.54) is 0 Å². The summed E-state index contributed by atoms with van der Waals surface area (Å²) in [6, 6.07) is 0. The van der Waals surface area contributed by atoms with Gasteiger partial charge in [0.15, 0.2) is 54.2 Å². The van der Waals surface area contributed by atoms with Gasteiger partial charge in [-0.1, -0.05) is 0 Å². The molecule has 6 bridgehead atoms. The average molecular weight is 763 g/mol. The molecular formula is C12H42O15Si12. The molecule has 5 saturated heterocycles. The van der Waals surface area contributed by atoms with Crippen molar-refractivity contribution >= 4 is 109 Å². The maximum Gasteiger partial charge on any atom is 0.651 e. The summed E-state index contributed by atoms with van der Waals surface area (Å²) >= 11 is 0. The van der Waals surface area contributed by atoms with E-state index in [1.807, 2.05) is 78.6 Å². The first-order valence-corrected chi connectivity index (χ1v) is 39.7. The van der Waals surface area contributed by atoms with Gasteiger partial charge in [0.25, 0.3) is 0 Å². The summed E-state index contributed by atoms with van der Waals surface area (Å²) in [5.74, 6) is 0. The second kappa shape index (κ2) is 12.1. The van der Waals surface area contributed by atoms with Crippen LogP contribution in [0.25, 0.3) is 0 Å². The van der Waals surface area contributed by atoms with Gasteiger partial charge in [-0.15, -0.1) is 0 Å². The summed E-state index contributed by atoms with van der Waals surface area (Å²) in [4.78, 5) is 0. The zero-order valence-corrected chi connectivity index (χ0v) is 37.5. The molecule has 0 unspecified atom stereocenters. The topological polar surface area (TPSA) is 138 Å². The van der Waals surface area contributed by atoms with Gasteiger partial charge in [0.1, 0.15) is 0 Å². The quantitative estimate of drug-likeness (QED) is 0.243. The lowest BCUT2D eigenvalue weighted by Crippen LogP contribution is -2.92. The van der Waals surface area contributed by atoms with Gasteiger partial charge in [-0.25, -0.2) is 0 Å². The normalized spacial score (nSPS) is 42.0. The first kappa shape index (κ1) is 33.9. The van der Waals surface area contributed by atoms with E-state index in [-0.39, 0.29) is 0 Å². The largest absolute Gasteiger partial charge is 0.651 e. The minimum atomic E-state index is -4.23. The van der Waals surface area contributed by atoms with Crippen molar-refractivity contribution in [2.75, 3.05) is 0 Å². The predicted octanol–water partition coefficient (Wildman–Crippen LogP) is -0.196. The number of hydrogen-bond acceptors (Lipinski definition) is 15. The van der Waals surface area contributed by atoms with Gasteiger partial charge in [-0.2, -0.15) is 0 Å². The molecule has 5 aliphatic rings. The zero-order chi connectivity index (χ0) is 29.1. The highest BCUT2D eigenvalue weighted by Gasteiger charge is 2.90. The molecule has 0 aromatic carbocycles. The summed E-state index contributed by atoms with van der Waals surface area (Å²) in [5, 5.41) is 0. The molecule has 0 saturated carbocycles. The summed E-state index contributed by atoms with van der Waals surface area (Å²) in [6.45, 7) is 23.7. The standard InChI is InChI=1S/C12H42O15Si12/c1-28(2)13-34-19-35(14-29(3)4)21-36(20-34,15-30(5)6)27-39(18-33(11)12)23-37(25-34,16-31(7)8)22-38(24-39,26-35)17-32(9)10/h28-33H,1-12H3. The minimum Gasteiger partial charge on any atom is -0.398 e. The van der Waals surface area contributed by atoms with Crippen LogP contribution >= 0.6 is 0 Å².